The predicted octanol–water partition coefficient (Wildman–Crippen LogP) is 9.27. The molecule has 0 radical (unpaired) electrons. The molecule has 0 spiro atoms. The average molecular weight is 577 g/mol. The molecule has 0 saturated carbocycles. The lowest BCUT2D eigenvalue weighted by Crippen LogP contribution is -2.18. The second-order valence-corrected chi connectivity index (χ2v) is 13.0. The van der Waals surface area contributed by atoms with Gasteiger partial charge in [0, 0.05) is 47.0 Å². The Morgan fingerprint density at radius 1 is 0.372 bits per heavy atom. The summed E-state index contributed by atoms with van der Waals surface area (Å²) in [5.74, 6) is 0. The topological polar surface area (TPSA) is 40.6 Å². The minimum Gasteiger partial charge on any atom is -0.310 e. The average Bonchev–Trinajstić information content (AvgIpc) is 3.06. The van der Waals surface area contributed by atoms with Crippen molar-refractivity contribution in [2.45, 2.75) is 22.6 Å². The van der Waals surface area contributed by atoms with E-state index in [0.717, 1.165) is 47.0 Å². The van der Waals surface area contributed by atoms with E-state index in [-0.39, 0.29) is 9.79 Å². The summed E-state index contributed by atoms with van der Waals surface area (Å²) in [6, 6.07) is 48.0. The highest BCUT2D eigenvalue weighted by atomic mass is 32.2. The monoisotopic (exact) mass is 576 g/mol. The summed E-state index contributed by atoms with van der Waals surface area (Å²) in [4.78, 5) is 4.98. The van der Waals surface area contributed by atoms with Crippen molar-refractivity contribution < 1.29 is 8.42 Å². The van der Waals surface area contributed by atoms with Gasteiger partial charge in [-0.3, -0.25) is 0 Å². The SMILES string of the molecule is O=S(=O)(c1ccc(N2c3ccccc3Cc3ccccc32)cc1)c1ccc(N2c3ccccc3Cc3ccccc32)cc1. The largest absolute Gasteiger partial charge is 0.310 e. The van der Waals surface area contributed by atoms with Gasteiger partial charge < -0.3 is 9.80 Å². The van der Waals surface area contributed by atoms with Gasteiger partial charge in [0.1, 0.15) is 0 Å². The van der Waals surface area contributed by atoms with E-state index in [9.17, 15) is 8.42 Å². The van der Waals surface area contributed by atoms with Crippen LogP contribution in [-0.4, -0.2) is 8.42 Å². The maximum atomic E-state index is 13.8. The Bertz CT molecular complexity index is 1860. The van der Waals surface area contributed by atoms with Gasteiger partial charge in [0.15, 0.2) is 0 Å². The van der Waals surface area contributed by atoms with Crippen LogP contribution in [0.3, 0.4) is 0 Å². The summed E-state index contributed by atoms with van der Waals surface area (Å²) in [5.41, 5.74) is 11.3. The molecule has 0 saturated heterocycles. The third-order valence-corrected chi connectivity index (χ3v) is 10.3. The van der Waals surface area contributed by atoms with Gasteiger partial charge >= 0.3 is 0 Å². The fourth-order valence-corrected chi connectivity index (χ4v) is 7.69. The Kier molecular flexibility index (Phi) is 5.95. The van der Waals surface area contributed by atoms with Gasteiger partial charge in [-0.2, -0.15) is 0 Å². The molecule has 0 N–H and O–H groups in total. The minimum absolute atomic E-state index is 0.274. The van der Waals surface area contributed by atoms with Gasteiger partial charge in [-0.05, 0) is 95.1 Å². The molecule has 8 rings (SSSR count). The first-order valence-corrected chi connectivity index (χ1v) is 15.9. The number of sulfone groups is 1. The van der Waals surface area contributed by atoms with E-state index in [1.165, 1.54) is 22.3 Å². The van der Waals surface area contributed by atoms with Crippen LogP contribution in [0.5, 0.6) is 0 Å². The fraction of sp³-hybridized carbons (Fsp3) is 0.0526. The number of hydrogen-bond acceptors (Lipinski definition) is 4. The molecule has 6 aromatic carbocycles. The van der Waals surface area contributed by atoms with Gasteiger partial charge in [-0.15, -0.1) is 0 Å². The Morgan fingerprint density at radius 2 is 0.651 bits per heavy atom. The zero-order chi connectivity index (χ0) is 29.0. The highest BCUT2D eigenvalue weighted by Crippen LogP contribution is 2.45. The molecule has 208 valence electrons. The van der Waals surface area contributed by atoms with Gasteiger partial charge in [0.2, 0.25) is 9.84 Å². The van der Waals surface area contributed by atoms with Crippen LogP contribution in [0.2, 0.25) is 0 Å². The molecule has 5 heteroatoms. The number of nitrogens with zero attached hydrogens (tertiary/aromatic N) is 2. The van der Waals surface area contributed by atoms with Gasteiger partial charge in [-0.1, -0.05) is 72.8 Å². The summed E-state index contributed by atoms with van der Waals surface area (Å²) in [5, 5.41) is 0. The van der Waals surface area contributed by atoms with Crippen LogP contribution < -0.4 is 9.80 Å². The first-order chi connectivity index (χ1) is 21.1. The van der Waals surface area contributed by atoms with E-state index in [1.807, 2.05) is 48.5 Å². The molecular formula is C38H28N2O2S. The quantitative estimate of drug-likeness (QED) is 0.209. The summed E-state index contributed by atoms with van der Waals surface area (Å²) in [6.07, 6.45) is 1.75. The molecule has 2 aliphatic rings. The Hall–Kier alpha value is -5.13. The Balaban J connectivity index is 1.13. The Morgan fingerprint density at radius 3 is 0.953 bits per heavy atom. The van der Waals surface area contributed by atoms with Crippen LogP contribution in [0.1, 0.15) is 22.3 Å². The first-order valence-electron chi connectivity index (χ1n) is 14.4. The number of benzene rings is 6. The molecule has 0 aromatic heterocycles. The third-order valence-electron chi connectivity index (χ3n) is 8.50. The molecule has 0 fully saturated rings. The summed E-state index contributed by atoms with van der Waals surface area (Å²) in [7, 11) is -3.71. The van der Waals surface area contributed by atoms with E-state index in [2.05, 4.69) is 82.6 Å². The zero-order valence-corrected chi connectivity index (χ0v) is 24.2. The highest BCUT2D eigenvalue weighted by molar-refractivity contribution is 7.91. The van der Waals surface area contributed by atoms with E-state index in [1.54, 1.807) is 24.3 Å². The van der Waals surface area contributed by atoms with Gasteiger partial charge in [0.25, 0.3) is 0 Å². The van der Waals surface area contributed by atoms with Crippen LogP contribution in [-0.2, 0) is 22.7 Å². The second kappa shape index (κ2) is 10.0. The molecule has 6 aromatic rings. The molecule has 0 atom stereocenters. The third kappa shape index (κ3) is 4.24. The van der Waals surface area contributed by atoms with Crippen LogP contribution >= 0.6 is 0 Å². The minimum atomic E-state index is -3.71. The van der Waals surface area contributed by atoms with Crippen LogP contribution in [0.15, 0.2) is 155 Å². The number of hydrogen-bond donors (Lipinski definition) is 0. The van der Waals surface area contributed by atoms with Crippen molar-refractivity contribution >= 4 is 44.0 Å². The first kappa shape index (κ1) is 25.6. The number of anilines is 6. The van der Waals surface area contributed by atoms with Crippen molar-refractivity contribution in [2.24, 2.45) is 0 Å². The maximum Gasteiger partial charge on any atom is 0.206 e. The van der Waals surface area contributed by atoms with Crippen LogP contribution in [0.25, 0.3) is 0 Å². The normalized spacial score (nSPS) is 13.5. The molecule has 0 aliphatic carbocycles. The maximum absolute atomic E-state index is 13.8. The molecule has 4 nitrogen and oxygen atoms in total. The lowest BCUT2D eigenvalue weighted by Gasteiger charge is -2.33. The Labute approximate surface area is 252 Å². The molecule has 0 unspecified atom stereocenters. The van der Waals surface area contributed by atoms with E-state index in [0.29, 0.717) is 0 Å². The summed E-state index contributed by atoms with van der Waals surface area (Å²) >= 11 is 0. The molecule has 2 heterocycles. The summed E-state index contributed by atoms with van der Waals surface area (Å²) in [6.45, 7) is 0. The van der Waals surface area contributed by atoms with Gasteiger partial charge in [0.05, 0.1) is 9.79 Å². The lowest BCUT2D eigenvalue weighted by atomic mass is 9.95. The molecular weight excluding hydrogens is 548 g/mol. The van der Waals surface area contributed by atoms with Crippen LogP contribution in [0, 0.1) is 0 Å². The number of fused-ring (bicyclic) bond motifs is 4. The molecule has 43 heavy (non-hydrogen) atoms. The van der Waals surface area contributed by atoms with E-state index >= 15 is 0 Å². The van der Waals surface area contributed by atoms with Crippen molar-refractivity contribution in [3.05, 3.63) is 168 Å². The second-order valence-electron chi connectivity index (χ2n) is 11.0. The van der Waals surface area contributed by atoms with E-state index in [4.69, 9.17) is 0 Å². The van der Waals surface area contributed by atoms with Crippen molar-refractivity contribution in [1.82, 2.24) is 0 Å². The molecule has 0 amide bonds. The fourth-order valence-electron chi connectivity index (χ4n) is 6.42. The molecule has 0 bridgehead atoms. The lowest BCUT2D eigenvalue weighted by molar-refractivity contribution is 0.596. The van der Waals surface area contributed by atoms with Gasteiger partial charge in [-0.25, -0.2) is 8.42 Å². The predicted molar refractivity (Wildman–Crippen MR) is 173 cm³/mol. The summed E-state index contributed by atoms with van der Waals surface area (Å²) < 4.78 is 27.6. The van der Waals surface area contributed by atoms with Crippen molar-refractivity contribution in [3.8, 4) is 0 Å². The van der Waals surface area contributed by atoms with Crippen molar-refractivity contribution in [2.75, 3.05) is 9.80 Å². The van der Waals surface area contributed by atoms with Crippen molar-refractivity contribution in [3.63, 3.8) is 0 Å². The standard InChI is InChI=1S/C38H28N2O2S/c41-43(42,33-21-17-31(18-22-33)39-35-13-5-1-9-27(35)25-28-10-2-6-14-36(28)39)34-23-19-32(20-24-34)40-37-15-7-3-11-29(37)26-30-12-4-8-16-38(30)40/h1-24H,25-26H2. The van der Waals surface area contributed by atoms with E-state index < -0.39 is 9.84 Å². The van der Waals surface area contributed by atoms with Crippen molar-refractivity contribution in [1.29, 1.82) is 0 Å². The molecule has 2 aliphatic heterocycles. The number of rotatable bonds is 4. The highest BCUT2D eigenvalue weighted by Gasteiger charge is 2.26. The smallest absolute Gasteiger partial charge is 0.206 e. The van der Waals surface area contributed by atoms with Crippen LogP contribution in [0.4, 0.5) is 34.1 Å². The zero-order valence-electron chi connectivity index (χ0n) is 23.4. The number of para-hydroxylation sites is 4.